The van der Waals surface area contributed by atoms with Gasteiger partial charge in [-0.15, -0.1) is 0 Å². The van der Waals surface area contributed by atoms with Crippen LogP contribution in [0.2, 0.25) is 0 Å². The van der Waals surface area contributed by atoms with Gasteiger partial charge in [-0.2, -0.15) is 0 Å². The maximum atomic E-state index is 2.65. The molecule has 92 heavy (non-hydrogen) atoms. The molecule has 0 aromatic heterocycles. The zero-order valence-electron chi connectivity index (χ0n) is 52.0. The molecule has 0 aliphatic heterocycles. The van der Waals surface area contributed by atoms with E-state index < -0.39 is 0 Å². The van der Waals surface area contributed by atoms with Gasteiger partial charge in [-0.05, 0) is 318 Å². The first-order chi connectivity index (χ1) is 45.5. The molecule has 7 bridgehead atoms. The molecule has 22 rings (SSSR count). The normalized spacial score (nSPS) is 25.5. The zero-order valence-corrected chi connectivity index (χ0v) is 52.0. The Morgan fingerprint density at radius 2 is 0.826 bits per heavy atom. The second-order valence-electron chi connectivity index (χ2n) is 29.7. The number of nitrogens with zero attached hydrogens (tertiary/aromatic N) is 2. The lowest BCUT2D eigenvalue weighted by Crippen LogP contribution is -2.55. The van der Waals surface area contributed by atoms with Crippen molar-refractivity contribution in [1.29, 1.82) is 0 Å². The topological polar surface area (TPSA) is 6.48 Å². The van der Waals surface area contributed by atoms with Gasteiger partial charge >= 0.3 is 0 Å². The monoisotopic (exact) mass is 1180 g/mol. The highest BCUT2D eigenvalue weighted by molar-refractivity contribution is 6.15. The summed E-state index contributed by atoms with van der Waals surface area (Å²) in [5.74, 6) is 6.29. The van der Waals surface area contributed by atoms with E-state index in [4.69, 9.17) is 0 Å². The minimum Gasteiger partial charge on any atom is -0.310 e. The van der Waals surface area contributed by atoms with Gasteiger partial charge in [-0.25, -0.2) is 0 Å². The summed E-state index contributed by atoms with van der Waals surface area (Å²) < 4.78 is 0. The molecule has 2 nitrogen and oxygen atoms in total. The fourth-order valence-electron chi connectivity index (χ4n) is 22.0. The largest absolute Gasteiger partial charge is 0.310 e. The van der Waals surface area contributed by atoms with Crippen LogP contribution in [-0.2, 0) is 5.41 Å². The minimum atomic E-state index is 0.0915. The highest BCUT2D eigenvalue weighted by Crippen LogP contribution is 2.75. The summed E-state index contributed by atoms with van der Waals surface area (Å²) in [6.45, 7) is 0. The van der Waals surface area contributed by atoms with Gasteiger partial charge in [-0.3, -0.25) is 0 Å². The Kier molecular flexibility index (Phi) is 11.1. The highest BCUT2D eigenvalue weighted by Gasteiger charge is 2.64. The molecule has 13 aromatic carbocycles. The Balaban J connectivity index is 0.636. The molecule has 9 aliphatic rings. The van der Waals surface area contributed by atoms with E-state index in [9.17, 15) is 0 Å². The van der Waals surface area contributed by atoms with Gasteiger partial charge in [-0.1, -0.05) is 176 Å². The fourth-order valence-corrected chi connectivity index (χ4v) is 22.0. The van der Waals surface area contributed by atoms with Crippen molar-refractivity contribution in [2.75, 3.05) is 9.80 Å². The molecular weight excluding hydrogens is 1110 g/mol. The van der Waals surface area contributed by atoms with Crippen molar-refractivity contribution in [3.8, 4) is 44.5 Å². The molecule has 7 fully saturated rings. The molecule has 442 valence electrons. The van der Waals surface area contributed by atoms with Crippen molar-refractivity contribution in [3.63, 3.8) is 0 Å². The molecule has 9 aliphatic carbocycles. The number of para-hydroxylation sites is 1. The van der Waals surface area contributed by atoms with Crippen molar-refractivity contribution < 1.29 is 0 Å². The van der Waals surface area contributed by atoms with Crippen LogP contribution >= 0.6 is 0 Å². The van der Waals surface area contributed by atoms with Crippen molar-refractivity contribution in [3.05, 3.63) is 289 Å². The second kappa shape index (κ2) is 19.5. The SMILES string of the molecule is c1ccc(N(c2ccc(-c3cc4ccccc4c4cc(-c5ccc6cc(N(c7ccc8c(c7)C7(c9ccccc9-8)C8CC9CC(C8)CC7C9)c7ccc8ccccc8c7)ccc6c5)ccc34)cc2)c2ccc3c(c2)C2CC4CC5CC(CC42C5)c2ccccc2-3)cc1. The smallest absolute Gasteiger partial charge is 0.0468 e. The fraction of sp³-hybridized carbons (Fsp3) is 0.222. The van der Waals surface area contributed by atoms with Gasteiger partial charge < -0.3 is 9.80 Å². The average Bonchev–Trinajstić information content (AvgIpc) is 1.48. The maximum Gasteiger partial charge on any atom is 0.0468 e. The van der Waals surface area contributed by atoms with Crippen LogP contribution in [0.15, 0.2) is 267 Å². The van der Waals surface area contributed by atoms with Crippen LogP contribution in [0, 0.1) is 40.9 Å². The summed E-state index contributed by atoms with van der Waals surface area (Å²) in [7, 11) is 0. The number of benzene rings is 13. The highest BCUT2D eigenvalue weighted by atomic mass is 15.1. The Morgan fingerprint density at radius 1 is 0.272 bits per heavy atom. The van der Waals surface area contributed by atoms with Crippen LogP contribution in [0.4, 0.5) is 34.1 Å². The number of rotatable bonds is 8. The van der Waals surface area contributed by atoms with E-state index in [2.05, 4.69) is 277 Å². The predicted molar refractivity (Wildman–Crippen MR) is 383 cm³/mol. The van der Waals surface area contributed by atoms with Crippen molar-refractivity contribution >= 4 is 77.2 Å². The third-order valence-electron chi connectivity index (χ3n) is 25.4. The second-order valence-corrected chi connectivity index (χ2v) is 29.7. The summed E-state index contributed by atoms with van der Waals surface area (Å²) in [4.78, 5) is 5.05. The molecule has 2 heteroatoms. The van der Waals surface area contributed by atoms with Crippen LogP contribution in [0.3, 0.4) is 0 Å². The Morgan fingerprint density at radius 3 is 1.65 bits per heavy atom. The van der Waals surface area contributed by atoms with Crippen LogP contribution in [0.25, 0.3) is 87.6 Å². The van der Waals surface area contributed by atoms with E-state index in [-0.39, 0.29) is 5.41 Å². The zero-order chi connectivity index (χ0) is 60.0. The molecule has 0 radical (unpaired) electrons. The van der Waals surface area contributed by atoms with Crippen LogP contribution in [0.1, 0.15) is 98.3 Å². The predicted octanol–water partition coefficient (Wildman–Crippen LogP) is 24.4. The Labute approximate surface area is 539 Å². The maximum absolute atomic E-state index is 2.65. The molecule has 5 unspecified atom stereocenters. The van der Waals surface area contributed by atoms with Crippen LogP contribution in [0.5, 0.6) is 0 Å². The molecular formula is C90H72N2. The van der Waals surface area contributed by atoms with Crippen LogP contribution in [-0.4, -0.2) is 0 Å². The lowest BCUT2D eigenvalue weighted by Gasteiger charge is -2.61. The van der Waals surface area contributed by atoms with Crippen molar-refractivity contribution in [2.45, 2.75) is 81.5 Å². The summed E-state index contributed by atoms with van der Waals surface area (Å²) in [6.07, 6.45) is 13.9. The minimum absolute atomic E-state index is 0.0915. The molecule has 0 saturated heterocycles. The third kappa shape index (κ3) is 7.50. The summed E-state index contributed by atoms with van der Waals surface area (Å²) in [6, 6.07) is 103. The summed E-state index contributed by atoms with van der Waals surface area (Å²) in [5, 5.41) is 10.1. The first-order valence-corrected chi connectivity index (χ1v) is 34.7. The van der Waals surface area contributed by atoms with Gasteiger partial charge in [0.15, 0.2) is 0 Å². The lowest BCUT2D eigenvalue weighted by molar-refractivity contribution is -0.0399. The molecule has 0 N–H and O–H groups in total. The Bertz CT molecular complexity index is 5200. The lowest BCUT2D eigenvalue weighted by atomic mass is 9.43. The van der Waals surface area contributed by atoms with Gasteiger partial charge in [0, 0.05) is 39.5 Å². The molecule has 7 saturated carbocycles. The van der Waals surface area contributed by atoms with Gasteiger partial charge in [0.05, 0.1) is 0 Å². The van der Waals surface area contributed by atoms with E-state index in [0.717, 1.165) is 23.7 Å². The summed E-state index contributed by atoms with van der Waals surface area (Å²) >= 11 is 0. The molecule has 5 atom stereocenters. The van der Waals surface area contributed by atoms with E-state index in [1.54, 1.807) is 22.3 Å². The molecule has 2 spiro atoms. The van der Waals surface area contributed by atoms with E-state index in [0.29, 0.717) is 29.1 Å². The van der Waals surface area contributed by atoms with Crippen molar-refractivity contribution in [1.82, 2.24) is 0 Å². The standard InChI is InChI=1S/C90H72N2/c1-2-15-70(16-3-1)91(74-33-36-79-78-19-9-8-18-77(78)66-39-57-44-67-50-87(85(79)51-74)89(67,53-57)54-66)71-29-25-59(26-30-71)83-49-65-14-6-7-17-76(65)84-48-64(28-35-80(83)84)61-22-23-63-47-73(32-27-62(63)45-61)92(72-31-24-58-12-4-5-13-60(58)46-72)75-34-37-82-81-20-10-11-21-86(81)90(88(82)52-75)68-40-55-38-56(42-68)43-69(90)41-55/h1-37,45-49,51-52,55-57,66-69,87H,38-44,50,53-54H2. The van der Waals surface area contributed by atoms with E-state index >= 15 is 0 Å². The van der Waals surface area contributed by atoms with Gasteiger partial charge in [0.1, 0.15) is 0 Å². The van der Waals surface area contributed by atoms with E-state index in [1.807, 2.05) is 0 Å². The quantitative estimate of drug-likeness (QED) is 0.140. The number of hydrogen-bond acceptors (Lipinski definition) is 2. The first-order valence-electron chi connectivity index (χ1n) is 34.7. The van der Waals surface area contributed by atoms with Gasteiger partial charge in [0.2, 0.25) is 0 Å². The number of fused-ring (bicyclic) bond motifs is 15. The Hall–Kier alpha value is -9.50. The van der Waals surface area contributed by atoms with Crippen molar-refractivity contribution in [2.24, 2.45) is 40.9 Å². The average molecular weight is 1180 g/mol. The first kappa shape index (κ1) is 52.2. The van der Waals surface area contributed by atoms with E-state index in [1.165, 1.54) is 186 Å². The summed E-state index contributed by atoms with van der Waals surface area (Å²) in [5.41, 5.74) is 24.9. The molecule has 0 heterocycles. The number of hydrogen-bond donors (Lipinski definition) is 0. The van der Waals surface area contributed by atoms with Gasteiger partial charge in [0.25, 0.3) is 0 Å². The van der Waals surface area contributed by atoms with Crippen LogP contribution < -0.4 is 9.80 Å². The molecule has 0 amide bonds. The molecule has 13 aromatic rings. The number of anilines is 6. The third-order valence-corrected chi connectivity index (χ3v) is 25.4.